The Morgan fingerprint density at radius 2 is 2.11 bits per heavy atom. The number of pyridine rings is 1. The molecule has 1 atom stereocenters. The number of hydrogen-bond donors (Lipinski definition) is 1. The van der Waals surface area contributed by atoms with Crippen LogP contribution in [0, 0.1) is 0 Å². The van der Waals surface area contributed by atoms with Gasteiger partial charge in [0.1, 0.15) is 11.6 Å². The minimum atomic E-state index is 0.505. The zero-order valence-corrected chi connectivity index (χ0v) is 11.0. The standard InChI is InChI=1S/C14H17N5/c1-19-8-2-3-12(19)11-4-5-16-13(9-11)18-14-10-15-6-7-17-14/h4-7,9-10,12H,2-3,8H2,1H3,(H,16,17,18)/t12-/m1/s1. The van der Waals surface area contributed by atoms with E-state index in [1.54, 1.807) is 18.6 Å². The number of rotatable bonds is 3. The summed E-state index contributed by atoms with van der Waals surface area (Å²) in [5.41, 5.74) is 1.31. The van der Waals surface area contributed by atoms with Crippen molar-refractivity contribution in [2.75, 3.05) is 18.9 Å². The van der Waals surface area contributed by atoms with Crippen LogP contribution in [-0.2, 0) is 0 Å². The van der Waals surface area contributed by atoms with Crippen LogP contribution in [0.3, 0.4) is 0 Å². The number of likely N-dealkylation sites (tertiary alicyclic amines) is 1. The second-order valence-electron chi connectivity index (χ2n) is 4.83. The van der Waals surface area contributed by atoms with Crippen molar-refractivity contribution in [3.8, 4) is 0 Å². The first-order valence-corrected chi connectivity index (χ1v) is 6.52. The first kappa shape index (κ1) is 12.0. The molecule has 0 aromatic carbocycles. The van der Waals surface area contributed by atoms with E-state index in [0.29, 0.717) is 11.9 Å². The molecule has 5 heteroatoms. The number of hydrogen-bond acceptors (Lipinski definition) is 5. The number of nitrogens with zero attached hydrogens (tertiary/aromatic N) is 4. The largest absolute Gasteiger partial charge is 0.324 e. The van der Waals surface area contributed by atoms with Crippen molar-refractivity contribution in [1.29, 1.82) is 0 Å². The van der Waals surface area contributed by atoms with Gasteiger partial charge in [-0.3, -0.25) is 9.88 Å². The summed E-state index contributed by atoms with van der Waals surface area (Å²) in [6.07, 6.45) is 9.33. The molecule has 98 valence electrons. The molecule has 1 fully saturated rings. The van der Waals surface area contributed by atoms with E-state index in [2.05, 4.69) is 44.3 Å². The second kappa shape index (κ2) is 5.32. The zero-order valence-electron chi connectivity index (χ0n) is 11.0. The lowest BCUT2D eigenvalue weighted by Gasteiger charge is -2.20. The highest BCUT2D eigenvalue weighted by atomic mass is 15.1. The van der Waals surface area contributed by atoms with Crippen LogP contribution < -0.4 is 5.32 Å². The highest BCUT2D eigenvalue weighted by molar-refractivity contribution is 5.51. The molecule has 3 heterocycles. The van der Waals surface area contributed by atoms with E-state index < -0.39 is 0 Å². The van der Waals surface area contributed by atoms with E-state index >= 15 is 0 Å². The predicted octanol–water partition coefficient (Wildman–Crippen LogP) is 2.38. The van der Waals surface area contributed by atoms with Gasteiger partial charge in [0, 0.05) is 24.6 Å². The Morgan fingerprint density at radius 1 is 1.21 bits per heavy atom. The Bertz CT molecular complexity index is 543. The molecule has 5 nitrogen and oxygen atoms in total. The predicted molar refractivity (Wildman–Crippen MR) is 74.2 cm³/mol. The van der Waals surface area contributed by atoms with Gasteiger partial charge >= 0.3 is 0 Å². The van der Waals surface area contributed by atoms with Gasteiger partial charge in [-0.2, -0.15) is 0 Å². The van der Waals surface area contributed by atoms with Gasteiger partial charge in [-0.05, 0) is 44.1 Å². The topological polar surface area (TPSA) is 53.9 Å². The molecule has 1 aliphatic rings. The fraction of sp³-hybridized carbons (Fsp3) is 0.357. The molecule has 2 aromatic rings. The van der Waals surface area contributed by atoms with E-state index in [9.17, 15) is 0 Å². The molecule has 0 radical (unpaired) electrons. The van der Waals surface area contributed by atoms with Crippen LogP contribution in [0.1, 0.15) is 24.4 Å². The van der Waals surface area contributed by atoms with Crippen LogP contribution >= 0.6 is 0 Å². The van der Waals surface area contributed by atoms with Gasteiger partial charge in [0.15, 0.2) is 0 Å². The normalized spacial score (nSPS) is 19.5. The third kappa shape index (κ3) is 2.71. The maximum absolute atomic E-state index is 4.33. The highest BCUT2D eigenvalue weighted by Gasteiger charge is 2.22. The summed E-state index contributed by atoms with van der Waals surface area (Å²) in [5, 5.41) is 3.18. The third-order valence-electron chi connectivity index (χ3n) is 3.51. The summed E-state index contributed by atoms with van der Waals surface area (Å²) in [5.74, 6) is 1.53. The van der Waals surface area contributed by atoms with Crippen molar-refractivity contribution in [3.05, 3.63) is 42.5 Å². The molecule has 1 N–H and O–H groups in total. The van der Waals surface area contributed by atoms with E-state index in [1.165, 1.54) is 24.9 Å². The summed E-state index contributed by atoms with van der Waals surface area (Å²) in [4.78, 5) is 14.9. The summed E-state index contributed by atoms with van der Waals surface area (Å²) >= 11 is 0. The summed E-state index contributed by atoms with van der Waals surface area (Å²) in [7, 11) is 2.17. The average molecular weight is 255 g/mol. The van der Waals surface area contributed by atoms with E-state index in [0.717, 1.165) is 5.82 Å². The van der Waals surface area contributed by atoms with Crippen molar-refractivity contribution < 1.29 is 0 Å². The molecular weight excluding hydrogens is 238 g/mol. The monoisotopic (exact) mass is 255 g/mol. The quantitative estimate of drug-likeness (QED) is 0.912. The third-order valence-corrected chi connectivity index (χ3v) is 3.51. The summed E-state index contributed by atoms with van der Waals surface area (Å²) < 4.78 is 0. The minimum Gasteiger partial charge on any atom is -0.324 e. The molecule has 0 aliphatic carbocycles. The van der Waals surface area contributed by atoms with Crippen LogP contribution in [0.25, 0.3) is 0 Å². The number of nitrogens with one attached hydrogen (secondary N) is 1. The van der Waals surface area contributed by atoms with Crippen molar-refractivity contribution in [1.82, 2.24) is 19.9 Å². The number of aromatic nitrogens is 3. The Balaban J connectivity index is 1.80. The molecule has 0 unspecified atom stereocenters. The van der Waals surface area contributed by atoms with E-state index in [1.807, 2.05) is 6.20 Å². The van der Waals surface area contributed by atoms with Crippen LogP contribution in [0.4, 0.5) is 11.6 Å². The molecule has 0 amide bonds. The van der Waals surface area contributed by atoms with Crippen LogP contribution in [0.5, 0.6) is 0 Å². The fourth-order valence-electron chi connectivity index (χ4n) is 2.55. The van der Waals surface area contributed by atoms with Crippen LogP contribution in [0.15, 0.2) is 36.9 Å². The highest BCUT2D eigenvalue weighted by Crippen LogP contribution is 2.31. The lowest BCUT2D eigenvalue weighted by atomic mass is 10.1. The molecule has 1 aliphatic heterocycles. The van der Waals surface area contributed by atoms with Gasteiger partial charge in [-0.25, -0.2) is 9.97 Å². The van der Waals surface area contributed by atoms with Crippen LogP contribution in [-0.4, -0.2) is 33.4 Å². The molecule has 3 rings (SSSR count). The van der Waals surface area contributed by atoms with Crippen LogP contribution in [0.2, 0.25) is 0 Å². The first-order chi connectivity index (χ1) is 9.33. The SMILES string of the molecule is CN1CCC[C@@H]1c1ccnc(Nc2cnccn2)c1. The average Bonchev–Trinajstić information content (AvgIpc) is 2.86. The van der Waals surface area contributed by atoms with Gasteiger partial charge < -0.3 is 5.32 Å². The first-order valence-electron chi connectivity index (χ1n) is 6.52. The molecular formula is C14H17N5. The smallest absolute Gasteiger partial charge is 0.150 e. The van der Waals surface area contributed by atoms with Crippen molar-refractivity contribution in [3.63, 3.8) is 0 Å². The van der Waals surface area contributed by atoms with Crippen molar-refractivity contribution in [2.24, 2.45) is 0 Å². The molecule has 2 aromatic heterocycles. The maximum atomic E-state index is 4.33. The van der Waals surface area contributed by atoms with Gasteiger partial charge in [-0.1, -0.05) is 0 Å². The summed E-state index contributed by atoms with van der Waals surface area (Å²) in [6.45, 7) is 1.17. The molecule has 0 saturated carbocycles. The van der Waals surface area contributed by atoms with Gasteiger partial charge in [0.05, 0.1) is 6.20 Å². The van der Waals surface area contributed by atoms with E-state index in [-0.39, 0.29) is 0 Å². The maximum Gasteiger partial charge on any atom is 0.150 e. The van der Waals surface area contributed by atoms with Crippen molar-refractivity contribution >= 4 is 11.6 Å². The minimum absolute atomic E-state index is 0.505. The Kier molecular flexibility index (Phi) is 3.37. The zero-order chi connectivity index (χ0) is 13.1. The Morgan fingerprint density at radius 3 is 2.84 bits per heavy atom. The van der Waals surface area contributed by atoms with Gasteiger partial charge in [0.2, 0.25) is 0 Å². The van der Waals surface area contributed by atoms with E-state index in [4.69, 9.17) is 0 Å². The molecule has 19 heavy (non-hydrogen) atoms. The molecule has 1 saturated heterocycles. The molecule has 0 spiro atoms. The molecule has 0 bridgehead atoms. The van der Waals surface area contributed by atoms with Crippen molar-refractivity contribution in [2.45, 2.75) is 18.9 Å². The van der Waals surface area contributed by atoms with Gasteiger partial charge in [-0.15, -0.1) is 0 Å². The second-order valence-corrected chi connectivity index (χ2v) is 4.83. The number of anilines is 2. The lowest BCUT2D eigenvalue weighted by Crippen LogP contribution is -2.17. The fourth-order valence-corrected chi connectivity index (χ4v) is 2.55. The lowest BCUT2D eigenvalue weighted by molar-refractivity contribution is 0.317. The van der Waals surface area contributed by atoms with Gasteiger partial charge in [0.25, 0.3) is 0 Å². The summed E-state index contributed by atoms with van der Waals surface area (Å²) in [6, 6.07) is 4.69. The Labute approximate surface area is 112 Å². The Hall–Kier alpha value is -2.01.